The molecule has 3 aromatic rings. The molecule has 0 bridgehead atoms. The van der Waals surface area contributed by atoms with E-state index in [0.717, 1.165) is 22.8 Å². The summed E-state index contributed by atoms with van der Waals surface area (Å²) < 4.78 is 53.3. The molecule has 158 valence electrons. The van der Waals surface area contributed by atoms with Gasteiger partial charge in [0.05, 0.1) is 22.8 Å². The summed E-state index contributed by atoms with van der Waals surface area (Å²) in [5, 5.41) is 2.68. The number of nitrogens with one attached hydrogen (secondary N) is 1. The quantitative estimate of drug-likeness (QED) is 0.640. The number of halogens is 4. The number of rotatable bonds is 5. The topological polar surface area (TPSA) is 64.0 Å². The van der Waals surface area contributed by atoms with E-state index in [2.05, 4.69) is 10.3 Å². The molecule has 0 aliphatic heterocycles. The first-order valence-corrected chi connectivity index (χ1v) is 9.06. The molecule has 1 heterocycles. The molecule has 0 aliphatic rings. The lowest BCUT2D eigenvalue weighted by Crippen LogP contribution is -2.39. The third-order valence-electron chi connectivity index (χ3n) is 4.80. The average Bonchev–Trinajstić information content (AvgIpc) is 2.68. The minimum atomic E-state index is -4.46. The Morgan fingerprint density at radius 2 is 1.80 bits per heavy atom. The predicted octanol–water partition coefficient (Wildman–Crippen LogP) is 3.65. The van der Waals surface area contributed by atoms with Gasteiger partial charge in [-0.05, 0) is 29.8 Å². The number of benzene rings is 2. The molecular weight excluding hydrogens is 402 g/mol. The number of amides is 1. The highest BCUT2D eigenvalue weighted by Crippen LogP contribution is 2.32. The molecule has 0 spiro atoms. The second-order valence-corrected chi connectivity index (χ2v) is 7.58. The fourth-order valence-corrected chi connectivity index (χ4v) is 2.99. The summed E-state index contributed by atoms with van der Waals surface area (Å²) in [7, 11) is 0. The molecule has 1 aromatic heterocycles. The SMILES string of the molecule is CC(C)(CNC(=O)Cn1cnc2ccc(F)cc2c1=O)c1cccc(C(F)(F)F)c1. The van der Waals surface area contributed by atoms with E-state index in [4.69, 9.17) is 0 Å². The molecule has 0 aliphatic carbocycles. The molecule has 1 amide bonds. The average molecular weight is 421 g/mol. The van der Waals surface area contributed by atoms with E-state index in [-0.39, 0.29) is 18.5 Å². The first kappa shape index (κ1) is 21.5. The van der Waals surface area contributed by atoms with Crippen LogP contribution in [0.4, 0.5) is 17.6 Å². The third-order valence-corrected chi connectivity index (χ3v) is 4.80. The standard InChI is InChI=1S/C21H19F4N3O2/c1-20(2,13-4-3-5-14(8-13)21(23,24)25)11-26-18(29)10-28-12-27-17-7-6-15(22)9-16(17)19(28)30/h3-9,12H,10-11H2,1-2H3,(H,26,29). The van der Waals surface area contributed by atoms with Crippen molar-refractivity contribution in [3.05, 3.63) is 76.1 Å². The fraction of sp³-hybridized carbons (Fsp3) is 0.286. The van der Waals surface area contributed by atoms with Gasteiger partial charge in [-0.25, -0.2) is 9.37 Å². The smallest absolute Gasteiger partial charge is 0.354 e. The highest BCUT2D eigenvalue weighted by Gasteiger charge is 2.32. The maximum Gasteiger partial charge on any atom is 0.416 e. The summed E-state index contributed by atoms with van der Waals surface area (Å²) in [6.45, 7) is 3.11. The molecule has 0 atom stereocenters. The molecule has 30 heavy (non-hydrogen) atoms. The van der Waals surface area contributed by atoms with Crippen LogP contribution in [0.1, 0.15) is 25.0 Å². The minimum absolute atomic E-state index is 0.0506. The van der Waals surface area contributed by atoms with Crippen LogP contribution in [-0.2, 0) is 22.9 Å². The number of carbonyl (C=O) groups is 1. The number of aromatic nitrogens is 2. The Labute approximate surface area is 169 Å². The van der Waals surface area contributed by atoms with Gasteiger partial charge in [0, 0.05) is 12.0 Å². The van der Waals surface area contributed by atoms with E-state index in [1.165, 1.54) is 24.5 Å². The van der Waals surface area contributed by atoms with Crippen molar-refractivity contribution in [3.8, 4) is 0 Å². The molecule has 9 heteroatoms. The predicted molar refractivity (Wildman–Crippen MR) is 103 cm³/mol. The summed E-state index contributed by atoms with van der Waals surface area (Å²) in [5.74, 6) is -1.11. The Balaban J connectivity index is 1.72. The molecule has 1 N–H and O–H groups in total. The highest BCUT2D eigenvalue weighted by molar-refractivity contribution is 5.79. The van der Waals surface area contributed by atoms with Crippen molar-refractivity contribution in [1.82, 2.24) is 14.9 Å². The molecule has 0 saturated heterocycles. The summed E-state index contributed by atoms with van der Waals surface area (Å²) in [4.78, 5) is 28.8. The van der Waals surface area contributed by atoms with Crippen LogP contribution in [0.3, 0.4) is 0 Å². The molecule has 2 aromatic carbocycles. The van der Waals surface area contributed by atoms with Gasteiger partial charge in [-0.15, -0.1) is 0 Å². The number of carbonyl (C=O) groups excluding carboxylic acids is 1. The Kier molecular flexibility index (Phi) is 5.65. The van der Waals surface area contributed by atoms with Crippen molar-refractivity contribution in [3.63, 3.8) is 0 Å². The van der Waals surface area contributed by atoms with Crippen molar-refractivity contribution in [2.45, 2.75) is 32.0 Å². The maximum atomic E-state index is 13.4. The monoisotopic (exact) mass is 421 g/mol. The van der Waals surface area contributed by atoms with E-state index in [1.54, 1.807) is 19.9 Å². The first-order valence-electron chi connectivity index (χ1n) is 9.06. The second-order valence-electron chi connectivity index (χ2n) is 7.58. The van der Waals surface area contributed by atoms with E-state index in [0.29, 0.717) is 11.1 Å². The summed E-state index contributed by atoms with van der Waals surface area (Å²) in [6.07, 6.45) is -3.26. The second kappa shape index (κ2) is 7.89. The zero-order chi connectivity index (χ0) is 22.1. The molecule has 0 saturated carbocycles. The van der Waals surface area contributed by atoms with Gasteiger partial charge >= 0.3 is 6.18 Å². The van der Waals surface area contributed by atoms with Gasteiger partial charge in [0.25, 0.3) is 5.56 Å². The lowest BCUT2D eigenvalue weighted by Gasteiger charge is -2.26. The Morgan fingerprint density at radius 1 is 1.10 bits per heavy atom. The van der Waals surface area contributed by atoms with Crippen molar-refractivity contribution in [2.24, 2.45) is 0 Å². The fourth-order valence-electron chi connectivity index (χ4n) is 2.99. The highest BCUT2D eigenvalue weighted by atomic mass is 19.4. The zero-order valence-electron chi connectivity index (χ0n) is 16.3. The lowest BCUT2D eigenvalue weighted by molar-refractivity contribution is -0.137. The number of fused-ring (bicyclic) bond motifs is 1. The lowest BCUT2D eigenvalue weighted by atomic mass is 9.83. The molecule has 0 fully saturated rings. The van der Waals surface area contributed by atoms with Gasteiger partial charge in [-0.1, -0.05) is 32.0 Å². The number of alkyl halides is 3. The van der Waals surface area contributed by atoms with Crippen molar-refractivity contribution in [1.29, 1.82) is 0 Å². The van der Waals surface area contributed by atoms with Crippen molar-refractivity contribution in [2.75, 3.05) is 6.54 Å². The number of hydrogen-bond acceptors (Lipinski definition) is 3. The Hall–Kier alpha value is -3.23. The summed E-state index contributed by atoms with van der Waals surface area (Å²) in [5.41, 5.74) is -1.39. The van der Waals surface area contributed by atoms with E-state index in [9.17, 15) is 27.2 Å². The van der Waals surface area contributed by atoms with Gasteiger partial charge < -0.3 is 5.32 Å². The van der Waals surface area contributed by atoms with Gasteiger partial charge in [-0.3, -0.25) is 14.2 Å². The van der Waals surface area contributed by atoms with E-state index < -0.39 is 34.4 Å². The van der Waals surface area contributed by atoms with Crippen LogP contribution in [0.2, 0.25) is 0 Å². The molecular formula is C21H19F4N3O2. The maximum absolute atomic E-state index is 13.4. The van der Waals surface area contributed by atoms with Crippen molar-refractivity contribution < 1.29 is 22.4 Å². The van der Waals surface area contributed by atoms with E-state index >= 15 is 0 Å². The van der Waals surface area contributed by atoms with Crippen LogP contribution in [0.25, 0.3) is 10.9 Å². The van der Waals surface area contributed by atoms with Crippen LogP contribution in [0, 0.1) is 5.82 Å². The van der Waals surface area contributed by atoms with E-state index in [1.807, 2.05) is 0 Å². The molecule has 5 nitrogen and oxygen atoms in total. The largest absolute Gasteiger partial charge is 0.416 e. The normalized spacial score (nSPS) is 12.2. The summed E-state index contributed by atoms with van der Waals surface area (Å²) in [6, 6.07) is 8.53. The number of hydrogen-bond donors (Lipinski definition) is 1. The first-order chi connectivity index (χ1) is 14.0. The van der Waals surface area contributed by atoms with Crippen molar-refractivity contribution >= 4 is 16.8 Å². The van der Waals surface area contributed by atoms with Crippen LogP contribution in [-0.4, -0.2) is 22.0 Å². The number of nitrogens with zero attached hydrogens (tertiary/aromatic N) is 2. The third kappa shape index (κ3) is 4.67. The van der Waals surface area contributed by atoms with Crippen LogP contribution in [0.5, 0.6) is 0 Å². The Bertz CT molecular complexity index is 1150. The molecule has 0 unspecified atom stereocenters. The summed E-state index contributed by atoms with van der Waals surface area (Å²) >= 11 is 0. The van der Waals surface area contributed by atoms with Gasteiger partial charge in [0.15, 0.2) is 0 Å². The minimum Gasteiger partial charge on any atom is -0.354 e. The van der Waals surface area contributed by atoms with Gasteiger partial charge in [-0.2, -0.15) is 13.2 Å². The molecule has 0 radical (unpaired) electrons. The van der Waals surface area contributed by atoms with Gasteiger partial charge in [0.2, 0.25) is 5.91 Å². The Morgan fingerprint density at radius 3 is 2.50 bits per heavy atom. The van der Waals surface area contributed by atoms with Gasteiger partial charge in [0.1, 0.15) is 12.4 Å². The van der Waals surface area contributed by atoms with Crippen LogP contribution in [0.15, 0.2) is 53.6 Å². The van der Waals surface area contributed by atoms with Crippen LogP contribution >= 0.6 is 0 Å². The van der Waals surface area contributed by atoms with Crippen LogP contribution < -0.4 is 10.9 Å². The zero-order valence-corrected chi connectivity index (χ0v) is 16.3. The molecule has 3 rings (SSSR count).